The number of urea groups is 1. The number of likely N-dealkylation sites (tertiary alicyclic amines) is 1. The molecule has 6 nitrogen and oxygen atoms in total. The molecule has 0 aromatic heterocycles. The Kier molecular flexibility index (Phi) is 4.95. The van der Waals surface area contributed by atoms with Gasteiger partial charge in [0.05, 0.1) is 18.1 Å². The summed E-state index contributed by atoms with van der Waals surface area (Å²) in [6.45, 7) is 4.54. The standard InChI is InChI=1S/C12H22N2O4/c1-3-4-9(10(15)16)7-13-11(17)14-6-5-12(2,18)8-14/h9,18H,3-8H2,1-2H3,(H,13,17)(H,15,16). The van der Waals surface area contributed by atoms with E-state index in [-0.39, 0.29) is 12.6 Å². The largest absolute Gasteiger partial charge is 0.481 e. The number of aliphatic hydroxyl groups is 1. The number of hydrogen-bond donors (Lipinski definition) is 3. The molecule has 0 saturated carbocycles. The maximum Gasteiger partial charge on any atom is 0.317 e. The summed E-state index contributed by atoms with van der Waals surface area (Å²) >= 11 is 0. The van der Waals surface area contributed by atoms with Crippen LogP contribution >= 0.6 is 0 Å². The Morgan fingerprint density at radius 3 is 2.61 bits per heavy atom. The Hall–Kier alpha value is -1.30. The van der Waals surface area contributed by atoms with Crippen molar-refractivity contribution < 1.29 is 19.8 Å². The number of carboxylic acid groups (broad SMARTS) is 1. The molecule has 0 spiro atoms. The molecule has 0 radical (unpaired) electrons. The first-order valence-corrected chi connectivity index (χ1v) is 6.33. The van der Waals surface area contributed by atoms with Gasteiger partial charge in [-0.1, -0.05) is 13.3 Å². The van der Waals surface area contributed by atoms with Gasteiger partial charge in [-0.3, -0.25) is 4.79 Å². The fourth-order valence-electron chi connectivity index (χ4n) is 2.10. The first-order valence-electron chi connectivity index (χ1n) is 6.33. The third-order valence-electron chi connectivity index (χ3n) is 3.23. The monoisotopic (exact) mass is 258 g/mol. The highest BCUT2D eigenvalue weighted by Crippen LogP contribution is 2.20. The third kappa shape index (κ3) is 4.18. The molecule has 0 aromatic rings. The molecular weight excluding hydrogens is 236 g/mol. The number of aliphatic carboxylic acids is 1. The maximum absolute atomic E-state index is 11.8. The van der Waals surface area contributed by atoms with Crippen molar-refractivity contribution in [1.82, 2.24) is 10.2 Å². The Labute approximate surface area is 107 Å². The minimum atomic E-state index is -0.884. The third-order valence-corrected chi connectivity index (χ3v) is 3.23. The van der Waals surface area contributed by atoms with E-state index in [4.69, 9.17) is 5.11 Å². The van der Waals surface area contributed by atoms with Crippen LogP contribution in [-0.4, -0.2) is 52.3 Å². The number of hydrogen-bond acceptors (Lipinski definition) is 3. The Bertz CT molecular complexity index is 317. The van der Waals surface area contributed by atoms with Gasteiger partial charge in [0.1, 0.15) is 0 Å². The lowest BCUT2D eigenvalue weighted by atomic mass is 10.0. The zero-order chi connectivity index (χ0) is 13.8. The highest BCUT2D eigenvalue weighted by Gasteiger charge is 2.34. The van der Waals surface area contributed by atoms with Crippen LogP contribution in [0.5, 0.6) is 0 Å². The first-order chi connectivity index (χ1) is 8.35. The smallest absolute Gasteiger partial charge is 0.317 e. The highest BCUT2D eigenvalue weighted by atomic mass is 16.4. The molecule has 1 heterocycles. The molecule has 2 unspecified atom stereocenters. The number of carbonyl (C=O) groups excluding carboxylic acids is 1. The maximum atomic E-state index is 11.8. The van der Waals surface area contributed by atoms with Crippen LogP contribution in [0.25, 0.3) is 0 Å². The van der Waals surface area contributed by atoms with Gasteiger partial charge in [-0.2, -0.15) is 0 Å². The van der Waals surface area contributed by atoms with Crippen LogP contribution in [-0.2, 0) is 4.79 Å². The van der Waals surface area contributed by atoms with Gasteiger partial charge in [-0.25, -0.2) is 4.79 Å². The van der Waals surface area contributed by atoms with Crippen LogP contribution in [0.4, 0.5) is 4.79 Å². The summed E-state index contributed by atoms with van der Waals surface area (Å²) in [6.07, 6.45) is 1.87. The van der Waals surface area contributed by atoms with Gasteiger partial charge in [0.15, 0.2) is 0 Å². The van der Waals surface area contributed by atoms with Crippen molar-refractivity contribution in [3.63, 3.8) is 0 Å². The van der Waals surface area contributed by atoms with Crippen LogP contribution in [0.3, 0.4) is 0 Å². The van der Waals surface area contributed by atoms with E-state index < -0.39 is 17.5 Å². The van der Waals surface area contributed by atoms with Gasteiger partial charge in [0, 0.05) is 13.1 Å². The van der Waals surface area contributed by atoms with Gasteiger partial charge in [0.25, 0.3) is 0 Å². The molecule has 0 aromatic carbocycles. The lowest BCUT2D eigenvalue weighted by Crippen LogP contribution is -2.43. The van der Waals surface area contributed by atoms with Gasteiger partial charge >= 0.3 is 12.0 Å². The number of amides is 2. The van der Waals surface area contributed by atoms with Crippen molar-refractivity contribution in [3.8, 4) is 0 Å². The molecule has 1 aliphatic rings. The second-order valence-electron chi connectivity index (χ2n) is 5.18. The summed E-state index contributed by atoms with van der Waals surface area (Å²) in [5.74, 6) is -1.42. The summed E-state index contributed by atoms with van der Waals surface area (Å²) in [5, 5.41) is 21.3. The van der Waals surface area contributed by atoms with E-state index >= 15 is 0 Å². The average Bonchev–Trinajstić information content (AvgIpc) is 2.64. The van der Waals surface area contributed by atoms with Gasteiger partial charge < -0.3 is 20.4 Å². The molecule has 0 aliphatic carbocycles. The van der Waals surface area contributed by atoms with Crippen LogP contribution in [0.1, 0.15) is 33.1 Å². The lowest BCUT2D eigenvalue weighted by molar-refractivity contribution is -0.141. The summed E-state index contributed by atoms with van der Waals surface area (Å²) < 4.78 is 0. The molecule has 104 valence electrons. The second-order valence-corrected chi connectivity index (χ2v) is 5.18. The van der Waals surface area contributed by atoms with Crippen molar-refractivity contribution in [1.29, 1.82) is 0 Å². The van der Waals surface area contributed by atoms with E-state index in [1.807, 2.05) is 6.92 Å². The minimum Gasteiger partial charge on any atom is -0.481 e. The van der Waals surface area contributed by atoms with Crippen LogP contribution in [0.2, 0.25) is 0 Å². The van der Waals surface area contributed by atoms with Crippen molar-refractivity contribution in [3.05, 3.63) is 0 Å². The fourth-order valence-corrected chi connectivity index (χ4v) is 2.10. The SMILES string of the molecule is CCCC(CNC(=O)N1CCC(C)(O)C1)C(=O)O. The summed E-state index contributed by atoms with van der Waals surface area (Å²) in [5.41, 5.74) is -0.826. The van der Waals surface area contributed by atoms with Crippen LogP contribution < -0.4 is 5.32 Å². The molecule has 1 rings (SSSR count). The first kappa shape index (κ1) is 14.8. The number of nitrogens with one attached hydrogen (secondary N) is 1. The minimum absolute atomic E-state index is 0.140. The molecule has 1 fully saturated rings. The molecule has 18 heavy (non-hydrogen) atoms. The van der Waals surface area contributed by atoms with Crippen molar-refractivity contribution in [2.75, 3.05) is 19.6 Å². The number of carbonyl (C=O) groups is 2. The van der Waals surface area contributed by atoms with Crippen molar-refractivity contribution in [2.24, 2.45) is 5.92 Å². The predicted molar refractivity (Wildman–Crippen MR) is 66.2 cm³/mol. The van der Waals surface area contributed by atoms with E-state index in [0.29, 0.717) is 25.9 Å². The van der Waals surface area contributed by atoms with E-state index in [1.54, 1.807) is 6.92 Å². The average molecular weight is 258 g/mol. The number of rotatable bonds is 5. The van der Waals surface area contributed by atoms with E-state index in [9.17, 15) is 14.7 Å². The van der Waals surface area contributed by atoms with Crippen LogP contribution in [0.15, 0.2) is 0 Å². The molecule has 1 aliphatic heterocycles. The lowest BCUT2D eigenvalue weighted by Gasteiger charge is -2.20. The number of nitrogens with zero attached hydrogens (tertiary/aromatic N) is 1. The summed E-state index contributed by atoms with van der Waals surface area (Å²) in [7, 11) is 0. The highest BCUT2D eigenvalue weighted by molar-refractivity contribution is 5.76. The zero-order valence-electron chi connectivity index (χ0n) is 11.0. The molecule has 6 heteroatoms. The Morgan fingerprint density at radius 1 is 1.50 bits per heavy atom. The molecule has 2 amide bonds. The Morgan fingerprint density at radius 2 is 2.17 bits per heavy atom. The second kappa shape index (κ2) is 6.04. The molecule has 2 atom stereocenters. The zero-order valence-corrected chi connectivity index (χ0v) is 11.0. The number of β-amino-alcohol motifs (C(OH)–C–C–N with tert-alkyl or cyclic N) is 1. The topological polar surface area (TPSA) is 89.9 Å². The quantitative estimate of drug-likeness (QED) is 0.675. The molecule has 1 saturated heterocycles. The summed E-state index contributed by atoms with van der Waals surface area (Å²) in [6, 6.07) is -0.296. The van der Waals surface area contributed by atoms with Gasteiger partial charge in [-0.15, -0.1) is 0 Å². The van der Waals surface area contributed by atoms with E-state index in [0.717, 1.165) is 6.42 Å². The van der Waals surface area contributed by atoms with E-state index in [1.165, 1.54) is 4.90 Å². The fraction of sp³-hybridized carbons (Fsp3) is 0.833. The van der Waals surface area contributed by atoms with Crippen LogP contribution in [0, 0.1) is 5.92 Å². The molecule has 0 bridgehead atoms. The number of carboxylic acids is 1. The van der Waals surface area contributed by atoms with Crippen molar-refractivity contribution >= 4 is 12.0 Å². The van der Waals surface area contributed by atoms with Gasteiger partial charge in [-0.05, 0) is 19.8 Å². The summed E-state index contributed by atoms with van der Waals surface area (Å²) in [4.78, 5) is 24.2. The molecular formula is C12H22N2O4. The molecule has 3 N–H and O–H groups in total. The van der Waals surface area contributed by atoms with Gasteiger partial charge in [0.2, 0.25) is 0 Å². The van der Waals surface area contributed by atoms with E-state index in [2.05, 4.69) is 5.32 Å². The Balaban J connectivity index is 2.39. The van der Waals surface area contributed by atoms with Crippen molar-refractivity contribution in [2.45, 2.75) is 38.7 Å². The normalized spacial score (nSPS) is 24.9. The predicted octanol–water partition coefficient (Wildman–Crippen LogP) is 0.654.